The van der Waals surface area contributed by atoms with E-state index >= 15 is 0 Å². The summed E-state index contributed by atoms with van der Waals surface area (Å²) in [5.41, 5.74) is -0.490. The molecule has 4 rings (SSSR count). The van der Waals surface area contributed by atoms with Gasteiger partial charge in [0.15, 0.2) is 5.54 Å². The molecule has 7 heteroatoms. The van der Waals surface area contributed by atoms with Crippen LogP contribution in [0.25, 0.3) is 0 Å². The zero-order chi connectivity index (χ0) is 19.9. The number of urea groups is 1. The van der Waals surface area contributed by atoms with E-state index in [4.69, 9.17) is 4.74 Å². The van der Waals surface area contributed by atoms with Gasteiger partial charge in [0.05, 0.1) is 6.61 Å². The largest absolute Gasteiger partial charge is 0.493 e. The predicted octanol–water partition coefficient (Wildman–Crippen LogP) is 2.16. The van der Waals surface area contributed by atoms with E-state index in [0.29, 0.717) is 36.2 Å². The van der Waals surface area contributed by atoms with Crippen molar-refractivity contribution in [2.24, 2.45) is 11.8 Å². The second-order valence-electron chi connectivity index (χ2n) is 8.26. The summed E-state index contributed by atoms with van der Waals surface area (Å²) in [4.78, 5) is 39.4. The fraction of sp³-hybridized carbons (Fsp3) is 0.571. The van der Waals surface area contributed by atoms with Crippen LogP contribution in [-0.4, -0.2) is 41.9 Å². The van der Waals surface area contributed by atoms with Crippen molar-refractivity contribution in [3.05, 3.63) is 29.8 Å². The van der Waals surface area contributed by atoms with E-state index in [9.17, 15) is 14.4 Å². The van der Waals surface area contributed by atoms with Gasteiger partial charge in [-0.1, -0.05) is 44.9 Å². The third-order valence-electron chi connectivity index (χ3n) is 6.61. The molecule has 150 valence electrons. The maximum atomic E-state index is 13.2. The minimum atomic E-state index is -1.14. The Balaban J connectivity index is 1.49. The summed E-state index contributed by atoms with van der Waals surface area (Å²) in [6.45, 7) is 4.43. The maximum Gasteiger partial charge on any atom is 0.325 e. The van der Waals surface area contributed by atoms with Gasteiger partial charge in [-0.2, -0.15) is 0 Å². The third kappa shape index (κ3) is 3.02. The molecule has 4 atom stereocenters. The van der Waals surface area contributed by atoms with Gasteiger partial charge in [0.2, 0.25) is 5.91 Å². The molecule has 28 heavy (non-hydrogen) atoms. The van der Waals surface area contributed by atoms with Crippen molar-refractivity contribution in [1.82, 2.24) is 15.5 Å². The smallest absolute Gasteiger partial charge is 0.325 e. The lowest BCUT2D eigenvalue weighted by atomic mass is 9.78. The first kappa shape index (κ1) is 18.8. The number of ether oxygens (including phenoxy) is 1. The minimum absolute atomic E-state index is 0.0924. The van der Waals surface area contributed by atoms with Crippen LogP contribution in [0, 0.1) is 11.8 Å². The Kier molecular flexibility index (Phi) is 4.77. The van der Waals surface area contributed by atoms with E-state index in [1.807, 2.05) is 12.1 Å². The number of rotatable bonds is 3. The Bertz CT molecular complexity index is 811. The van der Waals surface area contributed by atoms with Gasteiger partial charge in [-0.15, -0.1) is 0 Å². The molecular formula is C21H27N3O4. The number of imide groups is 1. The zero-order valence-electron chi connectivity index (χ0n) is 16.4. The van der Waals surface area contributed by atoms with Gasteiger partial charge in [0.25, 0.3) is 5.91 Å². The molecule has 2 fully saturated rings. The molecule has 0 aromatic heterocycles. The zero-order valence-corrected chi connectivity index (χ0v) is 16.4. The summed E-state index contributed by atoms with van der Waals surface area (Å²) in [6, 6.07) is 6.79. The molecule has 7 nitrogen and oxygen atoms in total. The quantitative estimate of drug-likeness (QED) is 0.781. The Morgan fingerprint density at radius 3 is 2.89 bits per heavy atom. The molecule has 1 aliphatic carbocycles. The van der Waals surface area contributed by atoms with E-state index in [2.05, 4.69) is 24.5 Å². The van der Waals surface area contributed by atoms with Crippen molar-refractivity contribution < 1.29 is 19.1 Å². The number of fused-ring (bicyclic) bond motifs is 2. The number of hydrogen-bond acceptors (Lipinski definition) is 4. The summed E-state index contributed by atoms with van der Waals surface area (Å²) < 4.78 is 5.63. The lowest BCUT2D eigenvalue weighted by molar-refractivity contribution is -0.136. The molecule has 3 aliphatic rings. The van der Waals surface area contributed by atoms with Crippen LogP contribution in [0.2, 0.25) is 0 Å². The van der Waals surface area contributed by atoms with E-state index < -0.39 is 11.6 Å². The number of benzene rings is 1. The van der Waals surface area contributed by atoms with Gasteiger partial charge >= 0.3 is 6.03 Å². The Morgan fingerprint density at radius 1 is 1.29 bits per heavy atom. The van der Waals surface area contributed by atoms with E-state index in [0.717, 1.165) is 17.7 Å². The highest BCUT2D eigenvalue weighted by molar-refractivity contribution is 6.09. The van der Waals surface area contributed by atoms with Crippen LogP contribution in [0.1, 0.15) is 45.1 Å². The van der Waals surface area contributed by atoms with Crippen LogP contribution >= 0.6 is 0 Å². The highest BCUT2D eigenvalue weighted by Gasteiger charge is 2.55. The van der Waals surface area contributed by atoms with E-state index in [1.54, 1.807) is 12.1 Å². The van der Waals surface area contributed by atoms with Crippen LogP contribution in [0.5, 0.6) is 5.75 Å². The summed E-state index contributed by atoms with van der Waals surface area (Å²) in [7, 11) is 0. The summed E-state index contributed by atoms with van der Waals surface area (Å²) >= 11 is 0. The minimum Gasteiger partial charge on any atom is -0.493 e. The second-order valence-corrected chi connectivity index (χ2v) is 8.26. The average molecular weight is 385 g/mol. The van der Waals surface area contributed by atoms with Crippen molar-refractivity contribution >= 4 is 17.8 Å². The first-order chi connectivity index (χ1) is 13.4. The summed E-state index contributed by atoms with van der Waals surface area (Å²) in [5, 5.41) is 5.87. The molecule has 4 amide bonds. The van der Waals surface area contributed by atoms with Crippen molar-refractivity contribution in [2.75, 3.05) is 13.2 Å². The molecule has 0 radical (unpaired) electrons. The van der Waals surface area contributed by atoms with Gasteiger partial charge in [-0.05, 0) is 24.3 Å². The van der Waals surface area contributed by atoms with E-state index in [1.165, 1.54) is 6.42 Å². The normalized spacial score (nSPS) is 31.9. The molecule has 1 saturated carbocycles. The predicted molar refractivity (Wildman–Crippen MR) is 103 cm³/mol. The van der Waals surface area contributed by atoms with Crippen molar-refractivity contribution in [1.29, 1.82) is 0 Å². The molecule has 1 saturated heterocycles. The van der Waals surface area contributed by atoms with Crippen LogP contribution in [-0.2, 0) is 15.1 Å². The second kappa shape index (κ2) is 7.11. The number of nitrogens with one attached hydrogen (secondary N) is 2. The number of nitrogens with zero attached hydrogens (tertiary/aromatic N) is 1. The lowest BCUT2D eigenvalue weighted by Gasteiger charge is -2.35. The topological polar surface area (TPSA) is 87.7 Å². The first-order valence-electron chi connectivity index (χ1n) is 10.1. The molecule has 2 N–H and O–H groups in total. The molecular weight excluding hydrogens is 358 g/mol. The van der Waals surface area contributed by atoms with Gasteiger partial charge in [-0.25, -0.2) is 4.79 Å². The SMILES string of the molecule is C[C@@H]1[C@H](C)CCC[C@@H]1NC(=O)CN1C(=O)N[C@]2(CCOc3ccccc32)C1=O. The number of carbonyl (C=O) groups is 3. The van der Waals surface area contributed by atoms with Crippen LogP contribution in [0.3, 0.4) is 0 Å². The standard InChI is InChI=1S/C21H27N3O4/c1-13-6-5-8-16(14(13)2)22-18(25)12-24-19(26)21(23-20(24)27)10-11-28-17-9-4-3-7-15(17)21/h3-4,7,9,13-14,16H,5-6,8,10-12H2,1-2H3,(H,22,25)(H,23,27)/t13-,14-,16+,21+/m1/s1. The molecule has 1 aromatic carbocycles. The fourth-order valence-corrected chi connectivity index (χ4v) is 4.70. The number of carbonyl (C=O) groups excluding carboxylic acids is 3. The van der Waals surface area contributed by atoms with Crippen molar-refractivity contribution in [3.63, 3.8) is 0 Å². The maximum absolute atomic E-state index is 13.2. The van der Waals surface area contributed by atoms with Crippen LogP contribution < -0.4 is 15.4 Å². The van der Waals surface area contributed by atoms with Gasteiger partial charge in [0, 0.05) is 18.0 Å². The fourth-order valence-electron chi connectivity index (χ4n) is 4.70. The number of hydrogen-bond donors (Lipinski definition) is 2. The number of amides is 4. The first-order valence-corrected chi connectivity index (χ1v) is 10.1. The van der Waals surface area contributed by atoms with Crippen molar-refractivity contribution in [3.8, 4) is 5.75 Å². The lowest BCUT2D eigenvalue weighted by Crippen LogP contribution is -2.50. The molecule has 0 bridgehead atoms. The molecule has 2 aliphatic heterocycles. The van der Waals surface area contributed by atoms with E-state index in [-0.39, 0.29) is 24.4 Å². The van der Waals surface area contributed by atoms with Crippen molar-refractivity contribution in [2.45, 2.75) is 51.1 Å². The Morgan fingerprint density at radius 2 is 2.07 bits per heavy atom. The van der Waals surface area contributed by atoms with Crippen LogP contribution in [0.4, 0.5) is 4.79 Å². The Hall–Kier alpha value is -2.57. The van der Waals surface area contributed by atoms with Gasteiger partial charge in [-0.3, -0.25) is 14.5 Å². The molecule has 1 spiro atoms. The van der Waals surface area contributed by atoms with Crippen LogP contribution in [0.15, 0.2) is 24.3 Å². The van der Waals surface area contributed by atoms with Gasteiger partial charge in [0.1, 0.15) is 12.3 Å². The molecule has 1 aromatic rings. The highest BCUT2D eigenvalue weighted by atomic mass is 16.5. The highest BCUT2D eigenvalue weighted by Crippen LogP contribution is 2.40. The Labute approximate surface area is 164 Å². The summed E-state index contributed by atoms with van der Waals surface area (Å²) in [5.74, 6) is 0.867. The van der Waals surface area contributed by atoms with Gasteiger partial charge < -0.3 is 15.4 Å². The summed E-state index contributed by atoms with van der Waals surface area (Å²) in [6.07, 6.45) is 3.54. The number of para-hydroxylation sites is 1. The third-order valence-corrected chi connectivity index (χ3v) is 6.61. The molecule has 2 heterocycles. The average Bonchev–Trinajstić information content (AvgIpc) is 2.91. The molecule has 0 unspecified atom stereocenters. The monoisotopic (exact) mass is 385 g/mol.